The van der Waals surface area contributed by atoms with Crippen molar-refractivity contribution in [3.63, 3.8) is 0 Å². The SMILES string of the molecule is C[C@@H]1C[C@H](C)CN(S(=O)(=O)c2ccc(C(=O)OCc3cccc([N+](=O)[O-])c3)cc2)C1. The molecule has 0 radical (unpaired) electrons. The van der Waals surface area contributed by atoms with Crippen LogP contribution in [0.15, 0.2) is 53.4 Å². The van der Waals surface area contributed by atoms with Gasteiger partial charge < -0.3 is 4.74 Å². The Morgan fingerprint density at radius 2 is 1.77 bits per heavy atom. The summed E-state index contributed by atoms with van der Waals surface area (Å²) in [7, 11) is -3.62. The van der Waals surface area contributed by atoms with E-state index in [4.69, 9.17) is 4.74 Å². The Hall–Kier alpha value is -2.78. The van der Waals surface area contributed by atoms with Gasteiger partial charge in [0.25, 0.3) is 5.69 Å². The molecule has 0 spiro atoms. The molecule has 0 amide bonds. The predicted molar refractivity (Wildman–Crippen MR) is 110 cm³/mol. The van der Waals surface area contributed by atoms with Crippen molar-refractivity contribution in [2.75, 3.05) is 13.1 Å². The van der Waals surface area contributed by atoms with Crippen molar-refractivity contribution < 1.29 is 22.9 Å². The number of nitro groups is 1. The van der Waals surface area contributed by atoms with Gasteiger partial charge in [-0.1, -0.05) is 26.0 Å². The highest BCUT2D eigenvalue weighted by molar-refractivity contribution is 7.89. The van der Waals surface area contributed by atoms with Crippen LogP contribution < -0.4 is 0 Å². The van der Waals surface area contributed by atoms with Gasteiger partial charge in [-0.2, -0.15) is 4.31 Å². The van der Waals surface area contributed by atoms with Gasteiger partial charge in [-0.15, -0.1) is 0 Å². The Labute approximate surface area is 175 Å². The zero-order chi connectivity index (χ0) is 21.9. The van der Waals surface area contributed by atoms with Gasteiger partial charge in [-0.25, -0.2) is 13.2 Å². The number of benzene rings is 2. The van der Waals surface area contributed by atoms with Crippen molar-refractivity contribution in [2.24, 2.45) is 11.8 Å². The van der Waals surface area contributed by atoms with Gasteiger partial charge in [0.05, 0.1) is 15.4 Å². The zero-order valence-corrected chi connectivity index (χ0v) is 17.7. The summed E-state index contributed by atoms with van der Waals surface area (Å²) in [4.78, 5) is 22.7. The standard InChI is InChI=1S/C21H24N2O6S/c1-15-10-16(2)13-22(12-15)30(27,28)20-8-6-18(7-9-20)21(24)29-14-17-4-3-5-19(11-17)23(25)26/h3-9,11,15-16H,10,12-14H2,1-2H3/t15-,16+. The number of hydrogen-bond donors (Lipinski definition) is 0. The minimum Gasteiger partial charge on any atom is -0.457 e. The summed E-state index contributed by atoms with van der Waals surface area (Å²) in [5.74, 6) is -0.0381. The maximum atomic E-state index is 12.9. The van der Waals surface area contributed by atoms with Gasteiger partial charge in [0.1, 0.15) is 6.61 Å². The molecule has 2 atom stereocenters. The summed E-state index contributed by atoms with van der Waals surface area (Å²) in [5.41, 5.74) is 0.615. The Morgan fingerprint density at radius 1 is 1.13 bits per heavy atom. The first kappa shape index (κ1) is 21.9. The molecule has 9 heteroatoms. The first-order chi connectivity index (χ1) is 14.2. The Bertz CT molecular complexity index is 1030. The molecule has 2 aromatic carbocycles. The van der Waals surface area contributed by atoms with E-state index in [-0.39, 0.29) is 22.8 Å². The molecular weight excluding hydrogens is 408 g/mol. The number of rotatable bonds is 6. The van der Waals surface area contributed by atoms with E-state index in [1.54, 1.807) is 6.07 Å². The number of non-ortho nitro benzene ring substituents is 1. The van der Waals surface area contributed by atoms with E-state index in [1.807, 2.05) is 13.8 Å². The molecule has 0 aliphatic carbocycles. The lowest BCUT2D eigenvalue weighted by atomic mass is 9.94. The van der Waals surface area contributed by atoms with Gasteiger partial charge >= 0.3 is 5.97 Å². The molecule has 1 fully saturated rings. The number of ether oxygens (including phenoxy) is 1. The van der Waals surface area contributed by atoms with Crippen LogP contribution >= 0.6 is 0 Å². The normalized spacial score (nSPS) is 19.9. The van der Waals surface area contributed by atoms with Crippen LogP contribution in [0.1, 0.15) is 36.2 Å². The monoisotopic (exact) mass is 432 g/mol. The number of carbonyl (C=O) groups excluding carboxylic acids is 1. The second-order valence-electron chi connectivity index (χ2n) is 7.80. The topological polar surface area (TPSA) is 107 Å². The number of sulfonamides is 1. The van der Waals surface area contributed by atoms with E-state index in [0.717, 1.165) is 6.42 Å². The summed E-state index contributed by atoms with van der Waals surface area (Å²) < 4.78 is 32.5. The molecule has 3 rings (SSSR count). The molecule has 0 aromatic heterocycles. The number of piperidine rings is 1. The highest BCUT2D eigenvalue weighted by Gasteiger charge is 2.31. The van der Waals surface area contributed by atoms with Crippen LogP contribution in [0.25, 0.3) is 0 Å². The van der Waals surface area contributed by atoms with E-state index in [0.29, 0.717) is 30.5 Å². The molecule has 1 aliphatic heterocycles. The fourth-order valence-corrected chi connectivity index (χ4v) is 5.39. The molecule has 0 N–H and O–H groups in total. The fraction of sp³-hybridized carbons (Fsp3) is 0.381. The number of carbonyl (C=O) groups is 1. The molecule has 0 saturated carbocycles. The van der Waals surface area contributed by atoms with Crippen molar-refractivity contribution in [1.82, 2.24) is 4.31 Å². The average molecular weight is 432 g/mol. The lowest BCUT2D eigenvalue weighted by Crippen LogP contribution is -2.42. The van der Waals surface area contributed by atoms with E-state index in [1.165, 1.54) is 46.8 Å². The minimum atomic E-state index is -3.62. The molecule has 0 unspecified atom stereocenters. The fourth-order valence-electron chi connectivity index (χ4n) is 3.71. The second-order valence-corrected chi connectivity index (χ2v) is 9.73. The molecule has 8 nitrogen and oxygen atoms in total. The molecule has 1 saturated heterocycles. The summed E-state index contributed by atoms with van der Waals surface area (Å²) in [5, 5.41) is 10.8. The molecular formula is C21H24N2O6S. The number of nitrogens with zero attached hydrogens (tertiary/aromatic N) is 2. The van der Waals surface area contributed by atoms with E-state index >= 15 is 0 Å². The van der Waals surface area contributed by atoms with Crippen molar-refractivity contribution in [3.8, 4) is 0 Å². The van der Waals surface area contributed by atoms with Crippen molar-refractivity contribution in [2.45, 2.75) is 31.8 Å². The van der Waals surface area contributed by atoms with E-state index in [9.17, 15) is 23.3 Å². The van der Waals surface area contributed by atoms with Crippen LogP contribution in [-0.2, 0) is 21.4 Å². The van der Waals surface area contributed by atoms with Crippen molar-refractivity contribution in [1.29, 1.82) is 0 Å². The number of hydrogen-bond acceptors (Lipinski definition) is 6. The molecule has 1 aliphatic rings. The highest BCUT2D eigenvalue weighted by Crippen LogP contribution is 2.27. The summed E-state index contributed by atoms with van der Waals surface area (Å²) in [6.45, 7) is 4.93. The number of esters is 1. The first-order valence-electron chi connectivity index (χ1n) is 9.67. The molecule has 30 heavy (non-hydrogen) atoms. The Morgan fingerprint density at radius 3 is 2.37 bits per heavy atom. The summed E-state index contributed by atoms with van der Waals surface area (Å²) in [6, 6.07) is 11.5. The van der Waals surface area contributed by atoms with Crippen LogP contribution in [0, 0.1) is 22.0 Å². The second kappa shape index (κ2) is 8.93. The molecule has 1 heterocycles. The predicted octanol–water partition coefficient (Wildman–Crippen LogP) is 3.62. The molecule has 160 valence electrons. The largest absolute Gasteiger partial charge is 0.457 e. The van der Waals surface area contributed by atoms with Gasteiger partial charge in [-0.3, -0.25) is 10.1 Å². The Balaban J connectivity index is 1.67. The van der Waals surface area contributed by atoms with Crippen molar-refractivity contribution in [3.05, 3.63) is 69.8 Å². The van der Waals surface area contributed by atoms with Gasteiger partial charge in [0, 0.05) is 25.2 Å². The highest BCUT2D eigenvalue weighted by atomic mass is 32.2. The molecule has 0 bridgehead atoms. The van der Waals surface area contributed by atoms with Gasteiger partial charge in [0.15, 0.2) is 0 Å². The minimum absolute atomic E-state index is 0.0838. The molecule has 2 aromatic rings. The number of nitro benzene ring substituents is 1. The third-order valence-corrected chi connectivity index (χ3v) is 6.90. The maximum Gasteiger partial charge on any atom is 0.338 e. The lowest BCUT2D eigenvalue weighted by molar-refractivity contribution is -0.384. The van der Waals surface area contributed by atoms with E-state index < -0.39 is 20.9 Å². The average Bonchev–Trinajstić information content (AvgIpc) is 2.71. The van der Waals surface area contributed by atoms with Crippen LogP contribution in [-0.4, -0.2) is 36.7 Å². The quantitative estimate of drug-likeness (QED) is 0.392. The van der Waals surface area contributed by atoms with E-state index in [2.05, 4.69) is 0 Å². The zero-order valence-electron chi connectivity index (χ0n) is 16.9. The van der Waals surface area contributed by atoms with Gasteiger partial charge in [0.2, 0.25) is 10.0 Å². The Kier molecular flexibility index (Phi) is 6.52. The third-order valence-electron chi connectivity index (χ3n) is 5.05. The van der Waals surface area contributed by atoms with Crippen LogP contribution in [0.2, 0.25) is 0 Å². The summed E-state index contributed by atoms with van der Waals surface area (Å²) >= 11 is 0. The van der Waals surface area contributed by atoms with Gasteiger partial charge in [-0.05, 0) is 48.1 Å². The first-order valence-corrected chi connectivity index (χ1v) is 11.1. The van der Waals surface area contributed by atoms with Crippen molar-refractivity contribution >= 4 is 21.7 Å². The van der Waals surface area contributed by atoms with Crippen LogP contribution in [0.5, 0.6) is 0 Å². The van der Waals surface area contributed by atoms with Crippen LogP contribution in [0.4, 0.5) is 5.69 Å². The maximum absolute atomic E-state index is 12.9. The third kappa shape index (κ3) is 5.03. The smallest absolute Gasteiger partial charge is 0.338 e. The summed E-state index contributed by atoms with van der Waals surface area (Å²) in [6.07, 6.45) is 1.00. The lowest BCUT2D eigenvalue weighted by Gasteiger charge is -2.34. The van der Waals surface area contributed by atoms with Crippen LogP contribution in [0.3, 0.4) is 0 Å².